The minimum Gasteiger partial charge on any atom is -0.389 e. The number of nitrogens with one attached hydrogen (secondary N) is 2. The molecular weight excluding hydrogens is 212 g/mol. The Labute approximate surface area is 83.1 Å². The van der Waals surface area contributed by atoms with Gasteiger partial charge in [0.2, 0.25) is 0 Å². The van der Waals surface area contributed by atoms with Gasteiger partial charge in [-0.3, -0.25) is 19.8 Å². The van der Waals surface area contributed by atoms with Gasteiger partial charge in [0, 0.05) is 6.07 Å². The van der Waals surface area contributed by atoms with Crippen LogP contribution < -0.4 is 11.1 Å². The molecule has 0 aliphatic rings. The molecule has 2 atom stereocenters. The molecule has 7 heteroatoms. The Hall–Kier alpha value is -1.11. The second kappa shape index (κ2) is 4.41. The van der Waals surface area contributed by atoms with Crippen LogP contribution in [0.1, 0.15) is 11.7 Å². The summed E-state index contributed by atoms with van der Waals surface area (Å²) in [5.41, 5.74) is -1.44. The van der Waals surface area contributed by atoms with E-state index in [2.05, 4.69) is 0 Å². The first-order chi connectivity index (χ1) is 6.56. The summed E-state index contributed by atoms with van der Waals surface area (Å²) in [6.45, 7) is 0. The lowest BCUT2D eigenvalue weighted by molar-refractivity contribution is 0.0316. The van der Waals surface area contributed by atoms with E-state index in [9.17, 15) is 14.7 Å². The summed E-state index contributed by atoms with van der Waals surface area (Å²) in [7, 11) is 0. The van der Waals surface area contributed by atoms with Crippen LogP contribution in [-0.4, -0.2) is 32.4 Å². The van der Waals surface area contributed by atoms with Crippen LogP contribution in [0.15, 0.2) is 15.7 Å². The third-order valence-electron chi connectivity index (χ3n) is 1.69. The summed E-state index contributed by atoms with van der Waals surface area (Å²) in [4.78, 5) is 21.9. The Kier molecular flexibility index (Phi) is 3.45. The standard InChI is InChI=1S/C7H9ClN2O4/c8-2-4(11)6(13)3-1-5(12)9-10-7(3)14/h1,4,6,11,13H,2H2,(H,9,12)(H,10,14). The minimum absolute atomic E-state index is 0.207. The summed E-state index contributed by atoms with van der Waals surface area (Å²) in [5, 5.41) is 22.6. The van der Waals surface area contributed by atoms with Crippen molar-refractivity contribution in [2.75, 3.05) is 5.88 Å². The number of hydrogen-bond donors (Lipinski definition) is 4. The zero-order chi connectivity index (χ0) is 10.7. The molecule has 0 saturated carbocycles. The van der Waals surface area contributed by atoms with E-state index >= 15 is 0 Å². The molecule has 6 nitrogen and oxygen atoms in total. The number of hydrogen-bond acceptors (Lipinski definition) is 4. The van der Waals surface area contributed by atoms with Gasteiger partial charge in [-0.25, -0.2) is 0 Å². The zero-order valence-electron chi connectivity index (χ0n) is 7.03. The van der Waals surface area contributed by atoms with Crippen molar-refractivity contribution in [3.63, 3.8) is 0 Å². The van der Waals surface area contributed by atoms with Crippen molar-refractivity contribution in [3.8, 4) is 0 Å². The molecule has 1 aromatic heterocycles. The van der Waals surface area contributed by atoms with Gasteiger partial charge in [-0.1, -0.05) is 0 Å². The molecule has 0 spiro atoms. The van der Waals surface area contributed by atoms with Crippen LogP contribution in [-0.2, 0) is 0 Å². The third kappa shape index (κ3) is 2.22. The van der Waals surface area contributed by atoms with Crippen molar-refractivity contribution >= 4 is 11.6 Å². The molecule has 0 aromatic carbocycles. The maximum Gasteiger partial charge on any atom is 0.268 e. The van der Waals surface area contributed by atoms with Crippen molar-refractivity contribution in [1.29, 1.82) is 0 Å². The summed E-state index contributed by atoms with van der Waals surface area (Å²) in [6, 6.07) is 0.916. The molecule has 1 rings (SSSR count). The Morgan fingerprint density at radius 3 is 2.57 bits per heavy atom. The number of halogens is 1. The molecule has 0 radical (unpaired) electrons. The summed E-state index contributed by atoms with van der Waals surface area (Å²) >= 11 is 5.28. The van der Waals surface area contributed by atoms with Crippen LogP contribution in [0.5, 0.6) is 0 Å². The fourth-order valence-corrected chi connectivity index (χ4v) is 1.11. The maximum absolute atomic E-state index is 11.1. The quantitative estimate of drug-likeness (QED) is 0.475. The summed E-state index contributed by atoms with van der Waals surface area (Å²) in [5.74, 6) is -0.229. The number of aromatic nitrogens is 2. The summed E-state index contributed by atoms with van der Waals surface area (Å²) < 4.78 is 0. The van der Waals surface area contributed by atoms with Crippen molar-refractivity contribution < 1.29 is 10.2 Å². The topological polar surface area (TPSA) is 106 Å². The van der Waals surface area contributed by atoms with Crippen LogP contribution in [0, 0.1) is 0 Å². The van der Waals surface area contributed by atoms with Crippen molar-refractivity contribution in [3.05, 3.63) is 32.3 Å². The molecule has 4 N–H and O–H groups in total. The number of aromatic amines is 2. The molecule has 1 heterocycles. The first-order valence-corrected chi connectivity index (χ1v) is 4.33. The highest BCUT2D eigenvalue weighted by atomic mass is 35.5. The van der Waals surface area contributed by atoms with E-state index in [1.165, 1.54) is 0 Å². The SMILES string of the molecule is O=c1cc(C(O)C(O)CCl)c(=O)[nH][nH]1. The average Bonchev–Trinajstić information content (AvgIpc) is 2.19. The second-order valence-corrected chi connectivity index (χ2v) is 3.02. The highest BCUT2D eigenvalue weighted by molar-refractivity contribution is 6.18. The Morgan fingerprint density at radius 1 is 1.36 bits per heavy atom. The van der Waals surface area contributed by atoms with Crippen LogP contribution in [0.3, 0.4) is 0 Å². The van der Waals surface area contributed by atoms with Crippen molar-refractivity contribution in [2.24, 2.45) is 0 Å². The largest absolute Gasteiger partial charge is 0.389 e. The van der Waals surface area contributed by atoms with Gasteiger partial charge in [0.15, 0.2) is 0 Å². The molecule has 0 amide bonds. The van der Waals surface area contributed by atoms with E-state index in [0.29, 0.717) is 0 Å². The first kappa shape index (κ1) is 11.0. The van der Waals surface area contributed by atoms with Crippen LogP contribution in [0.25, 0.3) is 0 Å². The molecule has 0 saturated heterocycles. The normalized spacial score (nSPS) is 15.1. The first-order valence-electron chi connectivity index (χ1n) is 3.80. The monoisotopic (exact) mass is 220 g/mol. The van der Waals surface area contributed by atoms with E-state index < -0.39 is 23.3 Å². The molecule has 14 heavy (non-hydrogen) atoms. The van der Waals surface area contributed by atoms with E-state index in [1.807, 2.05) is 10.2 Å². The van der Waals surface area contributed by atoms with Gasteiger partial charge in [0.25, 0.3) is 11.1 Å². The Morgan fingerprint density at radius 2 is 2.00 bits per heavy atom. The minimum atomic E-state index is -1.46. The number of rotatable bonds is 3. The Bertz CT molecular complexity index is 413. The lowest BCUT2D eigenvalue weighted by Crippen LogP contribution is -2.29. The molecular formula is C7H9ClN2O4. The van der Waals surface area contributed by atoms with Gasteiger partial charge >= 0.3 is 0 Å². The van der Waals surface area contributed by atoms with Gasteiger partial charge in [-0.2, -0.15) is 0 Å². The Balaban J connectivity index is 3.12. The third-order valence-corrected chi connectivity index (χ3v) is 2.01. The fraction of sp³-hybridized carbons (Fsp3) is 0.429. The average molecular weight is 221 g/mol. The molecule has 78 valence electrons. The molecule has 0 fully saturated rings. The highest BCUT2D eigenvalue weighted by Gasteiger charge is 2.20. The summed E-state index contributed by atoms with van der Waals surface area (Å²) in [6.07, 6.45) is -2.74. The zero-order valence-corrected chi connectivity index (χ0v) is 7.78. The van der Waals surface area contributed by atoms with Gasteiger partial charge < -0.3 is 10.2 Å². The predicted molar refractivity (Wildman–Crippen MR) is 49.4 cm³/mol. The van der Waals surface area contributed by atoms with Gasteiger partial charge in [-0.05, 0) is 0 Å². The molecule has 0 bridgehead atoms. The highest BCUT2D eigenvalue weighted by Crippen LogP contribution is 2.11. The van der Waals surface area contributed by atoms with Crippen LogP contribution >= 0.6 is 11.6 Å². The number of aliphatic hydroxyl groups is 2. The molecule has 0 aliphatic carbocycles. The van der Waals surface area contributed by atoms with Gasteiger partial charge in [-0.15, -0.1) is 11.6 Å². The molecule has 0 aliphatic heterocycles. The van der Waals surface area contributed by atoms with E-state index in [4.69, 9.17) is 16.7 Å². The number of aliphatic hydroxyl groups excluding tert-OH is 2. The molecule has 2 unspecified atom stereocenters. The fourth-order valence-electron chi connectivity index (χ4n) is 0.945. The lowest BCUT2D eigenvalue weighted by atomic mass is 10.1. The van der Waals surface area contributed by atoms with E-state index in [-0.39, 0.29) is 11.4 Å². The van der Waals surface area contributed by atoms with Crippen molar-refractivity contribution in [2.45, 2.75) is 12.2 Å². The predicted octanol–water partition coefficient (Wildman–Crippen LogP) is -1.30. The van der Waals surface area contributed by atoms with E-state index in [0.717, 1.165) is 6.07 Å². The van der Waals surface area contributed by atoms with Gasteiger partial charge in [0.1, 0.15) is 6.10 Å². The smallest absolute Gasteiger partial charge is 0.268 e. The number of H-pyrrole nitrogens is 2. The van der Waals surface area contributed by atoms with Crippen LogP contribution in [0.2, 0.25) is 0 Å². The van der Waals surface area contributed by atoms with Crippen molar-refractivity contribution in [1.82, 2.24) is 10.2 Å². The maximum atomic E-state index is 11.1. The van der Waals surface area contributed by atoms with Gasteiger partial charge in [0.05, 0.1) is 17.5 Å². The second-order valence-electron chi connectivity index (χ2n) is 2.71. The van der Waals surface area contributed by atoms with E-state index in [1.54, 1.807) is 0 Å². The molecule has 1 aromatic rings. The number of alkyl halides is 1. The lowest BCUT2D eigenvalue weighted by Gasteiger charge is -2.13. The van der Waals surface area contributed by atoms with Crippen LogP contribution in [0.4, 0.5) is 0 Å².